The SMILES string of the molecule is O=C(Nc1cc(N2CCCCC2)ncn1)c1cc2ccccc2oc1=O. The maximum Gasteiger partial charge on any atom is 0.349 e. The van der Waals surface area contributed by atoms with Crippen LogP contribution in [0.4, 0.5) is 11.6 Å². The number of nitrogens with one attached hydrogen (secondary N) is 1. The molecule has 0 atom stereocenters. The number of hydrogen-bond acceptors (Lipinski definition) is 6. The lowest BCUT2D eigenvalue weighted by Gasteiger charge is -2.27. The molecule has 132 valence electrons. The van der Waals surface area contributed by atoms with E-state index in [1.165, 1.54) is 18.8 Å². The second-order valence-corrected chi connectivity index (χ2v) is 6.25. The highest BCUT2D eigenvalue weighted by atomic mass is 16.4. The molecule has 0 radical (unpaired) electrons. The zero-order valence-corrected chi connectivity index (χ0v) is 14.1. The van der Waals surface area contributed by atoms with Gasteiger partial charge in [0, 0.05) is 24.5 Å². The van der Waals surface area contributed by atoms with Crippen molar-refractivity contribution in [1.29, 1.82) is 0 Å². The Morgan fingerprint density at radius 1 is 1.08 bits per heavy atom. The number of carbonyl (C=O) groups is 1. The maximum atomic E-state index is 12.5. The number of fused-ring (bicyclic) bond motifs is 1. The van der Waals surface area contributed by atoms with Gasteiger partial charge in [-0.3, -0.25) is 4.79 Å². The predicted molar refractivity (Wildman–Crippen MR) is 98.5 cm³/mol. The van der Waals surface area contributed by atoms with E-state index in [2.05, 4.69) is 20.2 Å². The van der Waals surface area contributed by atoms with E-state index in [0.29, 0.717) is 16.8 Å². The first-order valence-electron chi connectivity index (χ1n) is 8.62. The lowest BCUT2D eigenvalue weighted by Crippen LogP contribution is -2.30. The van der Waals surface area contributed by atoms with Gasteiger partial charge in [0.15, 0.2) is 0 Å². The largest absolute Gasteiger partial charge is 0.422 e. The van der Waals surface area contributed by atoms with Crippen molar-refractivity contribution in [3.63, 3.8) is 0 Å². The van der Waals surface area contributed by atoms with Gasteiger partial charge in [0.05, 0.1) is 0 Å². The number of piperidine rings is 1. The zero-order valence-electron chi connectivity index (χ0n) is 14.1. The van der Waals surface area contributed by atoms with Crippen molar-refractivity contribution in [2.45, 2.75) is 19.3 Å². The van der Waals surface area contributed by atoms with Crippen LogP contribution in [0.1, 0.15) is 29.6 Å². The minimum absolute atomic E-state index is 0.0539. The summed E-state index contributed by atoms with van der Waals surface area (Å²) in [6.07, 6.45) is 4.90. The van der Waals surface area contributed by atoms with Crippen LogP contribution in [-0.2, 0) is 0 Å². The second-order valence-electron chi connectivity index (χ2n) is 6.25. The Balaban J connectivity index is 1.58. The van der Waals surface area contributed by atoms with Gasteiger partial charge in [-0.1, -0.05) is 18.2 Å². The molecule has 1 aliphatic rings. The number of amides is 1. The molecule has 3 heterocycles. The minimum Gasteiger partial charge on any atom is -0.422 e. The quantitative estimate of drug-likeness (QED) is 0.731. The number of hydrogen-bond donors (Lipinski definition) is 1. The molecule has 26 heavy (non-hydrogen) atoms. The first-order chi connectivity index (χ1) is 12.7. The molecular formula is C19H18N4O3. The van der Waals surface area contributed by atoms with Crippen LogP contribution in [-0.4, -0.2) is 29.0 Å². The summed E-state index contributed by atoms with van der Waals surface area (Å²) in [5.41, 5.74) is -0.281. The van der Waals surface area contributed by atoms with Crippen LogP contribution >= 0.6 is 0 Å². The Bertz CT molecular complexity index is 1010. The highest BCUT2D eigenvalue weighted by Gasteiger charge is 2.16. The lowest BCUT2D eigenvalue weighted by molar-refractivity contribution is 0.102. The Kier molecular flexibility index (Phi) is 4.35. The van der Waals surface area contributed by atoms with E-state index >= 15 is 0 Å². The minimum atomic E-state index is -0.675. The number of rotatable bonds is 3. The van der Waals surface area contributed by atoms with E-state index in [4.69, 9.17) is 4.42 Å². The molecule has 1 aromatic carbocycles. The van der Waals surface area contributed by atoms with Crippen molar-refractivity contribution in [1.82, 2.24) is 9.97 Å². The van der Waals surface area contributed by atoms with Crippen LogP contribution in [0.5, 0.6) is 0 Å². The second kappa shape index (κ2) is 6.95. The normalized spacial score (nSPS) is 14.4. The summed E-state index contributed by atoms with van der Waals surface area (Å²) >= 11 is 0. The fourth-order valence-corrected chi connectivity index (χ4v) is 3.12. The fourth-order valence-electron chi connectivity index (χ4n) is 3.12. The Hall–Kier alpha value is -3.22. The molecule has 1 fully saturated rings. The predicted octanol–water partition coefficient (Wildman–Crippen LogP) is 2.83. The number of para-hydroxylation sites is 1. The standard InChI is InChI=1S/C19H18N4O3/c24-18(14-10-13-6-2-3-7-15(13)26-19(14)25)22-16-11-17(21-12-20-16)23-8-4-1-5-9-23/h2-3,6-7,10-12H,1,4-5,8-9H2,(H,20,21,22,24). The van der Waals surface area contributed by atoms with Crippen LogP contribution in [0.2, 0.25) is 0 Å². The van der Waals surface area contributed by atoms with Crippen molar-refractivity contribution in [3.8, 4) is 0 Å². The van der Waals surface area contributed by atoms with E-state index < -0.39 is 11.5 Å². The summed E-state index contributed by atoms with van der Waals surface area (Å²) in [7, 11) is 0. The van der Waals surface area contributed by atoms with Crippen LogP contribution in [0, 0.1) is 0 Å². The van der Waals surface area contributed by atoms with E-state index in [0.717, 1.165) is 31.7 Å². The van der Waals surface area contributed by atoms with Crippen LogP contribution in [0.25, 0.3) is 11.0 Å². The van der Waals surface area contributed by atoms with Crippen molar-refractivity contribution in [2.75, 3.05) is 23.3 Å². The molecule has 0 unspecified atom stereocenters. The molecule has 1 amide bonds. The summed E-state index contributed by atoms with van der Waals surface area (Å²) < 4.78 is 5.21. The highest BCUT2D eigenvalue weighted by molar-refractivity contribution is 6.05. The molecule has 1 saturated heterocycles. The van der Waals surface area contributed by atoms with E-state index in [1.54, 1.807) is 24.3 Å². The van der Waals surface area contributed by atoms with E-state index in [9.17, 15) is 9.59 Å². The Labute approximate surface area is 149 Å². The monoisotopic (exact) mass is 350 g/mol. The van der Waals surface area contributed by atoms with E-state index in [-0.39, 0.29) is 5.56 Å². The number of benzene rings is 1. The average molecular weight is 350 g/mol. The van der Waals surface area contributed by atoms with Gasteiger partial charge in [0.2, 0.25) is 0 Å². The van der Waals surface area contributed by atoms with Gasteiger partial charge in [0.1, 0.15) is 29.1 Å². The van der Waals surface area contributed by atoms with Gasteiger partial charge < -0.3 is 14.6 Å². The van der Waals surface area contributed by atoms with Crippen LogP contribution in [0.15, 0.2) is 51.9 Å². The number of nitrogens with zero attached hydrogens (tertiary/aromatic N) is 3. The Morgan fingerprint density at radius 2 is 1.88 bits per heavy atom. The number of carbonyl (C=O) groups excluding carboxylic acids is 1. The van der Waals surface area contributed by atoms with Crippen molar-refractivity contribution < 1.29 is 9.21 Å². The van der Waals surface area contributed by atoms with Gasteiger partial charge >= 0.3 is 5.63 Å². The molecule has 7 nitrogen and oxygen atoms in total. The van der Waals surface area contributed by atoms with Gasteiger partial charge in [0.25, 0.3) is 5.91 Å². The molecule has 4 rings (SSSR count). The van der Waals surface area contributed by atoms with Crippen molar-refractivity contribution in [2.24, 2.45) is 0 Å². The maximum absolute atomic E-state index is 12.5. The van der Waals surface area contributed by atoms with E-state index in [1.807, 2.05) is 6.07 Å². The molecule has 0 saturated carbocycles. The summed E-state index contributed by atoms with van der Waals surface area (Å²) in [6, 6.07) is 10.3. The smallest absolute Gasteiger partial charge is 0.349 e. The zero-order chi connectivity index (χ0) is 17.9. The van der Waals surface area contributed by atoms with Crippen LogP contribution in [0.3, 0.4) is 0 Å². The third kappa shape index (κ3) is 3.28. The molecule has 0 spiro atoms. The lowest BCUT2D eigenvalue weighted by atomic mass is 10.1. The highest BCUT2D eigenvalue weighted by Crippen LogP contribution is 2.19. The Morgan fingerprint density at radius 3 is 2.73 bits per heavy atom. The molecule has 0 bridgehead atoms. The summed E-state index contributed by atoms with van der Waals surface area (Å²) in [5, 5.41) is 3.36. The molecule has 1 N–H and O–H groups in total. The van der Waals surface area contributed by atoms with Gasteiger partial charge in [-0.15, -0.1) is 0 Å². The third-order valence-electron chi connectivity index (χ3n) is 4.46. The molecule has 7 heteroatoms. The fraction of sp³-hybridized carbons (Fsp3) is 0.263. The first-order valence-corrected chi connectivity index (χ1v) is 8.62. The molecule has 2 aromatic heterocycles. The number of anilines is 2. The molecule has 3 aromatic rings. The molecule has 0 aliphatic carbocycles. The third-order valence-corrected chi connectivity index (χ3v) is 4.46. The molecular weight excluding hydrogens is 332 g/mol. The van der Waals surface area contributed by atoms with Crippen LogP contribution < -0.4 is 15.8 Å². The molecule has 1 aliphatic heterocycles. The summed E-state index contributed by atoms with van der Waals surface area (Å²) in [4.78, 5) is 35.2. The van der Waals surface area contributed by atoms with Gasteiger partial charge in [-0.2, -0.15) is 0 Å². The van der Waals surface area contributed by atoms with Crippen molar-refractivity contribution in [3.05, 3.63) is 58.7 Å². The topological polar surface area (TPSA) is 88.3 Å². The average Bonchev–Trinajstić information content (AvgIpc) is 2.68. The first kappa shape index (κ1) is 16.3. The summed E-state index contributed by atoms with van der Waals surface area (Å²) in [5.74, 6) is 0.589. The summed E-state index contributed by atoms with van der Waals surface area (Å²) in [6.45, 7) is 1.89. The van der Waals surface area contributed by atoms with Gasteiger partial charge in [-0.05, 0) is 31.4 Å². The van der Waals surface area contributed by atoms with Crippen molar-refractivity contribution >= 4 is 28.5 Å². The number of aromatic nitrogens is 2. The van der Waals surface area contributed by atoms with Gasteiger partial charge in [-0.25, -0.2) is 14.8 Å².